The van der Waals surface area contributed by atoms with Crippen molar-refractivity contribution < 1.29 is 4.42 Å². The summed E-state index contributed by atoms with van der Waals surface area (Å²) in [5.74, 6) is 0. The van der Waals surface area contributed by atoms with Gasteiger partial charge in [0.25, 0.3) is 0 Å². The maximum Gasteiger partial charge on any atom is 0.195 e. The molecule has 0 unspecified atom stereocenters. The van der Waals surface area contributed by atoms with Crippen molar-refractivity contribution in [2.75, 3.05) is 0 Å². The molecule has 0 saturated heterocycles. The number of nitrogens with zero attached hydrogens (tertiary/aromatic N) is 2. The number of fused-ring (bicyclic) bond motifs is 11. The van der Waals surface area contributed by atoms with Crippen molar-refractivity contribution in [2.24, 2.45) is 0 Å². The third-order valence-corrected chi connectivity index (χ3v) is 9.36. The lowest BCUT2D eigenvalue weighted by Crippen LogP contribution is -1.88. The maximum atomic E-state index is 6.49. The summed E-state index contributed by atoms with van der Waals surface area (Å²) in [6, 6.07) is 39.2. The summed E-state index contributed by atoms with van der Waals surface area (Å²) in [6.45, 7) is 0. The number of imidazole rings is 1. The standard InChI is InChI=1S/C35H18N2OS/c1-4-14-28-22(9-1)34-29(38-28)18-24-21-10-5-7-19-8-6-11-23(31(19)21)33(24)32(34)20-15-16-27-30(17-20)39-35-36-25-12-2-3-13-26(25)37(27)35/h1-18H. The van der Waals surface area contributed by atoms with Crippen LogP contribution in [0.15, 0.2) is 114 Å². The Bertz CT molecular complexity index is 2500. The molecule has 39 heavy (non-hydrogen) atoms. The van der Waals surface area contributed by atoms with Crippen molar-refractivity contribution in [1.82, 2.24) is 9.38 Å². The van der Waals surface area contributed by atoms with Gasteiger partial charge in [0.15, 0.2) is 4.96 Å². The number of thiazole rings is 1. The Kier molecular flexibility index (Phi) is 3.57. The molecule has 9 aromatic rings. The molecule has 0 fully saturated rings. The van der Waals surface area contributed by atoms with Crippen LogP contribution in [0.5, 0.6) is 0 Å². The van der Waals surface area contributed by atoms with Crippen molar-refractivity contribution in [3.05, 3.63) is 109 Å². The van der Waals surface area contributed by atoms with Gasteiger partial charge in [-0.15, -0.1) is 0 Å². The number of furan rings is 1. The van der Waals surface area contributed by atoms with Crippen LogP contribution in [0.3, 0.4) is 0 Å². The molecule has 3 heterocycles. The second kappa shape index (κ2) is 6.93. The van der Waals surface area contributed by atoms with E-state index in [1.807, 2.05) is 6.07 Å². The van der Waals surface area contributed by atoms with Crippen molar-refractivity contribution in [2.45, 2.75) is 0 Å². The molecule has 0 saturated carbocycles. The highest BCUT2D eigenvalue weighted by molar-refractivity contribution is 7.23. The monoisotopic (exact) mass is 514 g/mol. The molecule has 180 valence electrons. The first kappa shape index (κ1) is 20.1. The third kappa shape index (κ3) is 2.45. The fraction of sp³-hybridized carbons (Fsp3) is 0. The van der Waals surface area contributed by atoms with E-state index in [1.54, 1.807) is 11.3 Å². The van der Waals surface area contributed by atoms with Crippen molar-refractivity contribution in [1.29, 1.82) is 0 Å². The first-order chi connectivity index (χ1) is 19.3. The maximum absolute atomic E-state index is 6.49. The molecule has 0 amide bonds. The van der Waals surface area contributed by atoms with Crippen LogP contribution >= 0.6 is 11.3 Å². The first-order valence-corrected chi connectivity index (χ1v) is 14.0. The van der Waals surface area contributed by atoms with Gasteiger partial charge in [0, 0.05) is 16.3 Å². The zero-order chi connectivity index (χ0) is 25.2. The lowest BCUT2D eigenvalue weighted by molar-refractivity contribution is 0.669. The molecule has 3 nitrogen and oxygen atoms in total. The quantitative estimate of drug-likeness (QED) is 0.218. The molecule has 0 N–H and O–H groups in total. The minimum absolute atomic E-state index is 0.922. The van der Waals surface area contributed by atoms with Crippen LogP contribution in [0.1, 0.15) is 0 Å². The molecular formula is C35H18N2OS. The van der Waals surface area contributed by atoms with Crippen LogP contribution < -0.4 is 0 Å². The average Bonchev–Trinajstić information content (AvgIpc) is 3.71. The van der Waals surface area contributed by atoms with Gasteiger partial charge in [-0.3, -0.25) is 4.40 Å². The molecule has 1 aliphatic rings. The summed E-state index contributed by atoms with van der Waals surface area (Å²) in [4.78, 5) is 5.94. The van der Waals surface area contributed by atoms with Crippen LogP contribution in [0, 0.1) is 0 Å². The molecule has 4 heteroatoms. The fourth-order valence-corrected chi connectivity index (χ4v) is 7.86. The van der Waals surface area contributed by atoms with Crippen molar-refractivity contribution in [3.63, 3.8) is 0 Å². The highest BCUT2D eigenvalue weighted by Gasteiger charge is 2.28. The predicted octanol–water partition coefficient (Wildman–Crippen LogP) is 10.1. The lowest BCUT2D eigenvalue weighted by Gasteiger charge is -2.13. The Balaban J connectivity index is 1.37. The van der Waals surface area contributed by atoms with E-state index in [0.717, 1.165) is 32.5 Å². The SMILES string of the molecule is c1cc2c3c(cccc3c1)-c1c-2cc2oc3ccccc3c2c1-c1ccc2c(c1)sc1nc3ccccc3n12. The number of benzene rings is 6. The molecule has 10 rings (SSSR count). The van der Waals surface area contributed by atoms with Crippen LogP contribution in [0.2, 0.25) is 0 Å². The summed E-state index contributed by atoms with van der Waals surface area (Å²) >= 11 is 1.75. The zero-order valence-corrected chi connectivity index (χ0v) is 21.4. The van der Waals surface area contributed by atoms with Gasteiger partial charge in [0.1, 0.15) is 11.2 Å². The van der Waals surface area contributed by atoms with Crippen molar-refractivity contribution in [3.8, 4) is 33.4 Å². The average molecular weight is 515 g/mol. The second-order valence-electron chi connectivity index (χ2n) is 10.4. The Morgan fingerprint density at radius 1 is 0.615 bits per heavy atom. The Morgan fingerprint density at radius 3 is 2.41 bits per heavy atom. The van der Waals surface area contributed by atoms with Gasteiger partial charge in [-0.1, -0.05) is 84.1 Å². The number of hydrogen-bond acceptors (Lipinski definition) is 3. The fourth-order valence-electron chi connectivity index (χ4n) is 6.78. The summed E-state index contributed by atoms with van der Waals surface area (Å²) in [7, 11) is 0. The Hall–Kier alpha value is -4.93. The van der Waals surface area contributed by atoms with Gasteiger partial charge in [-0.2, -0.15) is 0 Å². The first-order valence-electron chi connectivity index (χ1n) is 13.1. The van der Waals surface area contributed by atoms with Gasteiger partial charge >= 0.3 is 0 Å². The molecule has 6 aromatic carbocycles. The Labute approximate surface area is 226 Å². The van der Waals surface area contributed by atoms with E-state index >= 15 is 0 Å². The largest absolute Gasteiger partial charge is 0.456 e. The van der Waals surface area contributed by atoms with Gasteiger partial charge in [-0.05, 0) is 75.0 Å². The predicted molar refractivity (Wildman–Crippen MR) is 163 cm³/mol. The summed E-state index contributed by atoms with van der Waals surface area (Å²) in [6.07, 6.45) is 0. The third-order valence-electron chi connectivity index (χ3n) is 8.35. The van der Waals surface area contributed by atoms with Gasteiger partial charge in [0.05, 0.1) is 21.3 Å². The number of rotatable bonds is 1. The number of hydrogen-bond donors (Lipinski definition) is 0. The van der Waals surface area contributed by atoms with E-state index in [-0.39, 0.29) is 0 Å². The zero-order valence-electron chi connectivity index (χ0n) is 20.6. The van der Waals surface area contributed by atoms with E-state index in [1.165, 1.54) is 59.8 Å². The normalized spacial score (nSPS) is 12.6. The van der Waals surface area contributed by atoms with Crippen LogP contribution in [-0.4, -0.2) is 9.38 Å². The molecule has 0 atom stereocenters. The van der Waals surface area contributed by atoms with Crippen molar-refractivity contribution >= 4 is 70.3 Å². The van der Waals surface area contributed by atoms with Crippen LogP contribution in [0.25, 0.3) is 92.3 Å². The highest BCUT2D eigenvalue weighted by Crippen LogP contribution is 2.55. The summed E-state index contributed by atoms with van der Waals surface area (Å²) in [5.41, 5.74) is 12.8. The summed E-state index contributed by atoms with van der Waals surface area (Å²) < 4.78 is 10.0. The molecule has 3 aromatic heterocycles. The van der Waals surface area contributed by atoms with E-state index in [9.17, 15) is 0 Å². The Morgan fingerprint density at radius 2 is 1.46 bits per heavy atom. The van der Waals surface area contributed by atoms with Gasteiger partial charge in [0.2, 0.25) is 0 Å². The minimum atomic E-state index is 0.922. The molecule has 0 aliphatic heterocycles. The second-order valence-corrected chi connectivity index (χ2v) is 11.4. The minimum Gasteiger partial charge on any atom is -0.456 e. The van der Waals surface area contributed by atoms with Gasteiger partial charge in [-0.25, -0.2) is 4.98 Å². The summed E-state index contributed by atoms with van der Waals surface area (Å²) in [5, 5.41) is 4.94. The van der Waals surface area contributed by atoms with Gasteiger partial charge < -0.3 is 4.42 Å². The van der Waals surface area contributed by atoms with E-state index < -0.39 is 0 Å². The van der Waals surface area contributed by atoms with E-state index in [0.29, 0.717) is 0 Å². The molecule has 0 radical (unpaired) electrons. The topological polar surface area (TPSA) is 30.4 Å². The smallest absolute Gasteiger partial charge is 0.195 e. The van der Waals surface area contributed by atoms with E-state index in [4.69, 9.17) is 9.40 Å². The molecular weight excluding hydrogens is 496 g/mol. The molecule has 0 spiro atoms. The van der Waals surface area contributed by atoms with Crippen LogP contribution in [0.4, 0.5) is 0 Å². The van der Waals surface area contributed by atoms with E-state index in [2.05, 4.69) is 108 Å². The molecule has 1 aliphatic carbocycles. The number of para-hydroxylation sites is 3. The number of aromatic nitrogens is 2. The highest BCUT2D eigenvalue weighted by atomic mass is 32.1. The van der Waals surface area contributed by atoms with Crippen LogP contribution in [-0.2, 0) is 0 Å². The lowest BCUT2D eigenvalue weighted by atomic mass is 9.89. The molecule has 0 bridgehead atoms.